The van der Waals surface area contributed by atoms with E-state index in [9.17, 15) is 9.00 Å². The normalized spacial score (nSPS) is 20.6. The molecule has 1 aromatic rings. The van der Waals surface area contributed by atoms with Gasteiger partial charge in [-0.05, 0) is 56.2 Å². The minimum Gasteiger partial charge on any atom is -0.462 e. The first-order chi connectivity index (χ1) is 11.7. The number of hydrogen-bond acceptors (Lipinski definition) is 3. The molecule has 1 unspecified atom stereocenters. The highest BCUT2D eigenvalue weighted by atomic mass is 32.2. The summed E-state index contributed by atoms with van der Waals surface area (Å²) < 4.78 is 17.7. The van der Waals surface area contributed by atoms with Crippen molar-refractivity contribution in [1.29, 1.82) is 0 Å². The lowest BCUT2D eigenvalue weighted by Gasteiger charge is -2.24. The molecule has 1 atom stereocenters. The number of esters is 1. The first-order valence-electron chi connectivity index (χ1n) is 9.09. The number of hydrogen-bond donors (Lipinski definition) is 0. The fourth-order valence-corrected chi connectivity index (χ4v) is 4.95. The van der Waals surface area contributed by atoms with Crippen LogP contribution in [-0.2, 0) is 20.3 Å². The standard InChI is InChI=1S/C20H26O3S/c1-2-23-20(21)19(14-15-6-3-4-7-15)16-10-12-18(13-11-16)24(22)17-8-5-9-17/h10-15,17H,2-9H2,1H3/b19-14+. The van der Waals surface area contributed by atoms with E-state index in [0.29, 0.717) is 23.3 Å². The second kappa shape index (κ2) is 8.11. The van der Waals surface area contributed by atoms with E-state index in [2.05, 4.69) is 6.08 Å². The molecular weight excluding hydrogens is 320 g/mol. The van der Waals surface area contributed by atoms with Crippen LogP contribution >= 0.6 is 0 Å². The summed E-state index contributed by atoms with van der Waals surface area (Å²) in [6.07, 6.45) is 10.1. The van der Waals surface area contributed by atoms with E-state index in [4.69, 9.17) is 4.74 Å². The largest absolute Gasteiger partial charge is 0.462 e. The highest BCUT2D eigenvalue weighted by Gasteiger charge is 2.25. The quantitative estimate of drug-likeness (QED) is 0.563. The maximum Gasteiger partial charge on any atom is 0.338 e. The van der Waals surface area contributed by atoms with Crippen LogP contribution in [0.5, 0.6) is 0 Å². The van der Waals surface area contributed by atoms with Gasteiger partial charge in [-0.3, -0.25) is 4.21 Å². The monoisotopic (exact) mass is 346 g/mol. The third-order valence-electron chi connectivity index (χ3n) is 5.05. The fraction of sp³-hybridized carbons (Fsp3) is 0.550. The number of allylic oxidation sites excluding steroid dienone is 1. The van der Waals surface area contributed by atoms with Crippen LogP contribution in [0.2, 0.25) is 0 Å². The van der Waals surface area contributed by atoms with Gasteiger partial charge in [0.2, 0.25) is 0 Å². The molecule has 0 heterocycles. The fourth-order valence-electron chi connectivity index (χ4n) is 3.40. The van der Waals surface area contributed by atoms with Crippen molar-refractivity contribution in [1.82, 2.24) is 0 Å². The number of benzene rings is 1. The Bertz CT molecular complexity index is 623. The molecule has 3 rings (SSSR count). The van der Waals surface area contributed by atoms with Crippen LogP contribution in [0.1, 0.15) is 57.4 Å². The lowest BCUT2D eigenvalue weighted by atomic mass is 9.99. The molecule has 0 bridgehead atoms. The zero-order valence-corrected chi connectivity index (χ0v) is 15.1. The van der Waals surface area contributed by atoms with E-state index in [1.807, 2.05) is 31.2 Å². The van der Waals surface area contributed by atoms with Crippen molar-refractivity contribution in [2.24, 2.45) is 5.92 Å². The zero-order valence-electron chi connectivity index (χ0n) is 14.3. The molecule has 2 aliphatic carbocycles. The first-order valence-corrected chi connectivity index (χ1v) is 10.3. The molecule has 0 saturated heterocycles. The van der Waals surface area contributed by atoms with Crippen LogP contribution in [0.25, 0.3) is 5.57 Å². The maximum atomic E-state index is 12.4. The van der Waals surface area contributed by atoms with Crippen molar-refractivity contribution in [2.45, 2.75) is 62.0 Å². The van der Waals surface area contributed by atoms with E-state index >= 15 is 0 Å². The van der Waals surface area contributed by atoms with Crippen LogP contribution < -0.4 is 0 Å². The van der Waals surface area contributed by atoms with Crippen LogP contribution in [-0.4, -0.2) is 22.0 Å². The van der Waals surface area contributed by atoms with Crippen molar-refractivity contribution < 1.29 is 13.7 Å². The topological polar surface area (TPSA) is 43.4 Å². The molecule has 3 nitrogen and oxygen atoms in total. The molecule has 4 heteroatoms. The highest BCUT2D eigenvalue weighted by Crippen LogP contribution is 2.31. The Morgan fingerprint density at radius 3 is 2.33 bits per heavy atom. The number of rotatable bonds is 6. The van der Waals surface area contributed by atoms with E-state index in [-0.39, 0.29) is 5.97 Å². The predicted octanol–water partition coefficient (Wildman–Crippen LogP) is 4.48. The van der Waals surface area contributed by atoms with Crippen LogP contribution in [0, 0.1) is 5.92 Å². The first kappa shape index (κ1) is 17.4. The molecule has 0 aliphatic heterocycles. The molecule has 24 heavy (non-hydrogen) atoms. The lowest BCUT2D eigenvalue weighted by molar-refractivity contribution is -0.136. The Morgan fingerprint density at radius 1 is 1.12 bits per heavy atom. The van der Waals surface area contributed by atoms with Gasteiger partial charge in [0.1, 0.15) is 0 Å². The smallest absolute Gasteiger partial charge is 0.338 e. The average Bonchev–Trinajstić information content (AvgIpc) is 3.04. The second-order valence-electron chi connectivity index (χ2n) is 6.72. The number of ether oxygens (including phenoxy) is 1. The third kappa shape index (κ3) is 3.97. The Hall–Kier alpha value is -1.42. The van der Waals surface area contributed by atoms with Crippen molar-refractivity contribution in [3.05, 3.63) is 35.9 Å². The highest BCUT2D eigenvalue weighted by molar-refractivity contribution is 7.85. The summed E-state index contributed by atoms with van der Waals surface area (Å²) in [5.41, 5.74) is 1.53. The summed E-state index contributed by atoms with van der Waals surface area (Å²) in [6.45, 7) is 2.21. The van der Waals surface area contributed by atoms with Crippen LogP contribution in [0.15, 0.2) is 35.2 Å². The molecule has 2 aliphatic rings. The maximum absolute atomic E-state index is 12.4. The van der Waals surface area contributed by atoms with Crippen molar-refractivity contribution in [2.75, 3.05) is 6.61 Å². The summed E-state index contributed by atoms with van der Waals surface area (Å²) in [7, 11) is -0.917. The van der Waals surface area contributed by atoms with Gasteiger partial charge in [-0.2, -0.15) is 0 Å². The zero-order chi connectivity index (χ0) is 16.9. The van der Waals surface area contributed by atoms with Crippen molar-refractivity contribution in [3.63, 3.8) is 0 Å². The second-order valence-corrected chi connectivity index (χ2v) is 8.45. The van der Waals surface area contributed by atoms with Gasteiger partial charge < -0.3 is 4.74 Å². The molecule has 0 aromatic heterocycles. The molecule has 2 saturated carbocycles. The van der Waals surface area contributed by atoms with Gasteiger partial charge in [0.05, 0.1) is 23.0 Å². The van der Waals surface area contributed by atoms with E-state index in [1.54, 1.807) is 0 Å². The number of carbonyl (C=O) groups excluding carboxylic acids is 1. The van der Waals surface area contributed by atoms with Crippen LogP contribution in [0.3, 0.4) is 0 Å². The Balaban J connectivity index is 1.81. The summed E-state index contributed by atoms with van der Waals surface area (Å²) in [6, 6.07) is 7.66. The molecule has 130 valence electrons. The van der Waals surface area contributed by atoms with Crippen molar-refractivity contribution in [3.8, 4) is 0 Å². The molecule has 0 radical (unpaired) electrons. The molecular formula is C20H26O3S. The van der Waals surface area contributed by atoms with Crippen molar-refractivity contribution >= 4 is 22.3 Å². The van der Waals surface area contributed by atoms with Gasteiger partial charge in [0.25, 0.3) is 0 Å². The Labute approximate surface area is 146 Å². The van der Waals surface area contributed by atoms with Gasteiger partial charge >= 0.3 is 5.97 Å². The average molecular weight is 346 g/mol. The molecule has 2 fully saturated rings. The molecule has 0 spiro atoms. The van der Waals surface area contributed by atoms with Gasteiger partial charge in [-0.25, -0.2) is 4.79 Å². The summed E-state index contributed by atoms with van der Waals surface area (Å²) in [4.78, 5) is 13.2. The predicted molar refractivity (Wildman–Crippen MR) is 97.1 cm³/mol. The van der Waals surface area contributed by atoms with Crippen LogP contribution in [0.4, 0.5) is 0 Å². The lowest BCUT2D eigenvalue weighted by Crippen LogP contribution is -2.23. The number of carbonyl (C=O) groups is 1. The van der Waals surface area contributed by atoms with Gasteiger partial charge in [0, 0.05) is 10.1 Å². The third-order valence-corrected chi connectivity index (χ3v) is 6.86. The van der Waals surface area contributed by atoms with Gasteiger partial charge in [0.15, 0.2) is 0 Å². The van der Waals surface area contributed by atoms with E-state index in [0.717, 1.165) is 36.1 Å². The van der Waals surface area contributed by atoms with Gasteiger partial charge in [-0.1, -0.05) is 37.5 Å². The van der Waals surface area contributed by atoms with Gasteiger partial charge in [-0.15, -0.1) is 0 Å². The Morgan fingerprint density at radius 2 is 1.79 bits per heavy atom. The molecule has 0 amide bonds. The Kier molecular flexibility index (Phi) is 5.88. The molecule has 0 N–H and O–H groups in total. The minimum atomic E-state index is -0.917. The summed E-state index contributed by atoms with van der Waals surface area (Å²) in [5, 5.41) is 0.314. The van der Waals surface area contributed by atoms with E-state index in [1.165, 1.54) is 19.3 Å². The minimum absolute atomic E-state index is 0.253. The molecule has 1 aromatic carbocycles. The SMILES string of the molecule is CCOC(=O)/C(=C/C1CCCC1)c1ccc(S(=O)C2CCC2)cc1. The summed E-state index contributed by atoms with van der Waals surface area (Å²) >= 11 is 0. The summed E-state index contributed by atoms with van der Waals surface area (Å²) in [5.74, 6) is 0.213. The van der Waals surface area contributed by atoms with E-state index < -0.39 is 10.8 Å².